The zero-order valence-electron chi connectivity index (χ0n) is 14.4. The molecule has 2 aromatic heterocycles. The molecule has 2 aromatic rings. The topological polar surface area (TPSA) is 71.0 Å². The van der Waals surface area contributed by atoms with Gasteiger partial charge in [-0.05, 0) is 40.3 Å². The number of rotatable bonds is 5. The summed E-state index contributed by atoms with van der Waals surface area (Å²) in [5.74, 6) is 0.755. The molecule has 1 fully saturated rings. The van der Waals surface area contributed by atoms with Gasteiger partial charge in [0.1, 0.15) is 5.82 Å². The van der Waals surface area contributed by atoms with Crippen LogP contribution in [0.5, 0.6) is 0 Å². The Balaban J connectivity index is 1.67. The molecule has 0 bridgehead atoms. The standard InChI is InChI=1S/C17H23N5OS/c1-11-18-8-13(17(20-11)15-5-4-6-22(15)3)9-19-16(23)7-14-10-24-12(2)21-14/h8,10,15H,4-7,9H2,1-3H3,(H,19,23)/t15-/m1/s1. The minimum atomic E-state index is -0.0217. The number of nitrogens with zero attached hydrogens (tertiary/aromatic N) is 4. The van der Waals surface area contributed by atoms with Crippen LogP contribution >= 0.6 is 11.3 Å². The molecular formula is C17H23N5OS. The van der Waals surface area contributed by atoms with Gasteiger partial charge in [-0.2, -0.15) is 0 Å². The summed E-state index contributed by atoms with van der Waals surface area (Å²) in [5, 5.41) is 5.90. The van der Waals surface area contributed by atoms with Crippen molar-refractivity contribution in [2.45, 2.75) is 45.7 Å². The minimum Gasteiger partial charge on any atom is -0.352 e. The first-order valence-corrected chi connectivity index (χ1v) is 9.11. The number of amides is 1. The number of hydrogen-bond acceptors (Lipinski definition) is 6. The lowest BCUT2D eigenvalue weighted by Crippen LogP contribution is -2.27. The van der Waals surface area contributed by atoms with Gasteiger partial charge in [-0.15, -0.1) is 11.3 Å². The molecule has 1 aliphatic heterocycles. The molecule has 7 heteroatoms. The Morgan fingerprint density at radius 1 is 1.42 bits per heavy atom. The first kappa shape index (κ1) is 17.0. The number of thiazole rings is 1. The molecule has 3 rings (SSSR count). The number of likely N-dealkylation sites (tertiary alicyclic amines) is 1. The molecule has 0 aliphatic carbocycles. The van der Waals surface area contributed by atoms with E-state index in [1.807, 2.05) is 25.4 Å². The van der Waals surface area contributed by atoms with Crippen LogP contribution < -0.4 is 5.32 Å². The quantitative estimate of drug-likeness (QED) is 0.899. The second-order valence-electron chi connectivity index (χ2n) is 6.28. The predicted octanol–water partition coefficient (Wildman–Crippen LogP) is 2.18. The van der Waals surface area contributed by atoms with Crippen LogP contribution in [0.1, 0.15) is 46.7 Å². The highest BCUT2D eigenvalue weighted by Gasteiger charge is 2.26. The highest BCUT2D eigenvalue weighted by Crippen LogP contribution is 2.30. The fraction of sp³-hybridized carbons (Fsp3) is 0.529. The SMILES string of the molecule is Cc1ncc(CNC(=O)Cc2csc(C)n2)c([C@H]2CCCN2C)n1. The first-order chi connectivity index (χ1) is 11.5. The van der Waals surface area contributed by atoms with Crippen molar-refractivity contribution in [1.29, 1.82) is 0 Å². The van der Waals surface area contributed by atoms with Crippen molar-refractivity contribution in [2.75, 3.05) is 13.6 Å². The third-order valence-electron chi connectivity index (χ3n) is 4.34. The van der Waals surface area contributed by atoms with E-state index in [2.05, 4.69) is 32.2 Å². The average molecular weight is 345 g/mol. The third-order valence-corrected chi connectivity index (χ3v) is 5.16. The highest BCUT2D eigenvalue weighted by molar-refractivity contribution is 7.09. The van der Waals surface area contributed by atoms with E-state index in [-0.39, 0.29) is 5.91 Å². The third kappa shape index (κ3) is 3.96. The van der Waals surface area contributed by atoms with E-state index >= 15 is 0 Å². The van der Waals surface area contributed by atoms with Crippen LogP contribution in [0.3, 0.4) is 0 Å². The zero-order chi connectivity index (χ0) is 17.1. The molecule has 0 unspecified atom stereocenters. The van der Waals surface area contributed by atoms with Crippen LogP contribution in [-0.4, -0.2) is 39.4 Å². The number of aromatic nitrogens is 3. The Bertz CT molecular complexity index is 730. The Morgan fingerprint density at radius 3 is 2.92 bits per heavy atom. The number of aryl methyl sites for hydroxylation is 2. The van der Waals surface area contributed by atoms with E-state index in [4.69, 9.17) is 0 Å². The van der Waals surface area contributed by atoms with Crippen LogP contribution in [0.2, 0.25) is 0 Å². The van der Waals surface area contributed by atoms with Gasteiger partial charge in [0.05, 0.1) is 28.9 Å². The molecule has 1 atom stereocenters. The van der Waals surface area contributed by atoms with E-state index in [0.717, 1.165) is 40.7 Å². The first-order valence-electron chi connectivity index (χ1n) is 8.23. The fourth-order valence-corrected chi connectivity index (χ4v) is 3.72. The van der Waals surface area contributed by atoms with Crippen molar-refractivity contribution >= 4 is 17.2 Å². The molecule has 1 aliphatic rings. The summed E-state index contributed by atoms with van der Waals surface area (Å²) >= 11 is 1.57. The van der Waals surface area contributed by atoms with E-state index in [0.29, 0.717) is 19.0 Å². The van der Waals surface area contributed by atoms with Crippen LogP contribution in [0, 0.1) is 13.8 Å². The van der Waals surface area contributed by atoms with Crippen molar-refractivity contribution < 1.29 is 4.79 Å². The summed E-state index contributed by atoms with van der Waals surface area (Å²) in [5.41, 5.74) is 2.88. The molecule has 0 spiro atoms. The maximum absolute atomic E-state index is 12.2. The monoisotopic (exact) mass is 345 g/mol. The van der Waals surface area contributed by atoms with Crippen LogP contribution in [0.25, 0.3) is 0 Å². The minimum absolute atomic E-state index is 0.0217. The molecule has 0 radical (unpaired) electrons. The van der Waals surface area contributed by atoms with Gasteiger partial charge in [-0.3, -0.25) is 9.69 Å². The summed E-state index contributed by atoms with van der Waals surface area (Å²) in [4.78, 5) is 27.8. The maximum atomic E-state index is 12.2. The van der Waals surface area contributed by atoms with Crippen LogP contribution in [0.15, 0.2) is 11.6 Å². The molecule has 1 N–H and O–H groups in total. The largest absolute Gasteiger partial charge is 0.352 e. The molecule has 0 saturated carbocycles. The lowest BCUT2D eigenvalue weighted by molar-refractivity contribution is -0.120. The lowest BCUT2D eigenvalue weighted by atomic mass is 10.1. The summed E-state index contributed by atoms with van der Waals surface area (Å²) in [6.45, 7) is 5.40. The molecule has 0 aromatic carbocycles. The van der Waals surface area contributed by atoms with Crippen molar-refractivity contribution in [3.63, 3.8) is 0 Å². The summed E-state index contributed by atoms with van der Waals surface area (Å²) < 4.78 is 0. The van der Waals surface area contributed by atoms with Gasteiger partial charge in [0.2, 0.25) is 5.91 Å². The lowest BCUT2D eigenvalue weighted by Gasteiger charge is -2.21. The Kier molecular flexibility index (Phi) is 5.20. The molecule has 128 valence electrons. The van der Waals surface area contributed by atoms with Crippen molar-refractivity contribution in [2.24, 2.45) is 0 Å². The summed E-state index contributed by atoms with van der Waals surface area (Å²) in [6, 6.07) is 0.319. The normalized spacial score (nSPS) is 18.0. The number of carbonyl (C=O) groups excluding carboxylic acids is 1. The Labute approximate surface area is 146 Å². The zero-order valence-corrected chi connectivity index (χ0v) is 15.2. The average Bonchev–Trinajstić information content (AvgIpc) is 3.14. The Morgan fingerprint density at radius 2 is 2.25 bits per heavy atom. The van der Waals surface area contributed by atoms with E-state index < -0.39 is 0 Å². The highest BCUT2D eigenvalue weighted by atomic mass is 32.1. The number of hydrogen-bond donors (Lipinski definition) is 1. The molecular weight excluding hydrogens is 322 g/mol. The molecule has 3 heterocycles. The second kappa shape index (κ2) is 7.36. The summed E-state index contributed by atoms with van der Waals surface area (Å²) in [7, 11) is 2.13. The number of carbonyl (C=O) groups is 1. The van der Waals surface area contributed by atoms with Gasteiger partial charge >= 0.3 is 0 Å². The van der Waals surface area contributed by atoms with Gasteiger partial charge in [0.15, 0.2) is 0 Å². The molecule has 24 heavy (non-hydrogen) atoms. The van der Waals surface area contributed by atoms with Crippen molar-refractivity contribution in [3.8, 4) is 0 Å². The maximum Gasteiger partial charge on any atom is 0.226 e. The van der Waals surface area contributed by atoms with E-state index in [1.165, 1.54) is 6.42 Å². The van der Waals surface area contributed by atoms with Gasteiger partial charge in [0, 0.05) is 23.7 Å². The molecule has 1 saturated heterocycles. The van der Waals surface area contributed by atoms with Gasteiger partial charge < -0.3 is 5.32 Å². The molecule has 6 nitrogen and oxygen atoms in total. The molecule has 1 amide bonds. The summed E-state index contributed by atoms with van der Waals surface area (Å²) in [6.07, 6.45) is 4.44. The van der Waals surface area contributed by atoms with Crippen molar-refractivity contribution in [3.05, 3.63) is 39.4 Å². The van der Waals surface area contributed by atoms with Crippen molar-refractivity contribution in [1.82, 2.24) is 25.2 Å². The fourth-order valence-electron chi connectivity index (χ4n) is 3.10. The van der Waals surface area contributed by atoms with Crippen LogP contribution in [0.4, 0.5) is 0 Å². The van der Waals surface area contributed by atoms with Gasteiger partial charge in [-0.25, -0.2) is 15.0 Å². The Hall–Kier alpha value is -1.86. The van der Waals surface area contributed by atoms with E-state index in [9.17, 15) is 4.79 Å². The van der Waals surface area contributed by atoms with E-state index in [1.54, 1.807) is 11.3 Å². The van der Waals surface area contributed by atoms with Gasteiger partial charge in [0.25, 0.3) is 0 Å². The smallest absolute Gasteiger partial charge is 0.226 e. The second-order valence-corrected chi connectivity index (χ2v) is 7.34. The number of nitrogens with one attached hydrogen (secondary N) is 1. The van der Waals surface area contributed by atoms with Gasteiger partial charge in [-0.1, -0.05) is 0 Å². The predicted molar refractivity (Wildman–Crippen MR) is 93.8 cm³/mol. The van der Waals surface area contributed by atoms with Crippen LogP contribution in [-0.2, 0) is 17.8 Å².